The lowest BCUT2D eigenvalue weighted by molar-refractivity contribution is -0.134. The first-order chi connectivity index (χ1) is 9.72. The second kappa shape index (κ2) is 7.14. The summed E-state index contributed by atoms with van der Waals surface area (Å²) in [6.45, 7) is 6.01. The highest BCUT2D eigenvalue weighted by atomic mass is 16.6. The van der Waals surface area contributed by atoms with Gasteiger partial charge in [0.25, 0.3) is 0 Å². The SMILES string of the molecule is CCCOc1cc(OC(=O)CC)ccc1NCC1CO1. The standard InChI is InChI=1S/C15H21NO4/c1-3-7-18-14-8-11(20-15(17)4-2)5-6-13(14)16-9-12-10-19-12/h5-6,8,12,16H,3-4,7,9-10H2,1-2H3. The van der Waals surface area contributed by atoms with Crippen molar-refractivity contribution in [1.29, 1.82) is 0 Å². The van der Waals surface area contributed by atoms with E-state index in [0.29, 0.717) is 30.6 Å². The van der Waals surface area contributed by atoms with Crippen molar-refractivity contribution in [1.82, 2.24) is 0 Å². The van der Waals surface area contributed by atoms with Crippen LogP contribution in [0.1, 0.15) is 26.7 Å². The lowest BCUT2D eigenvalue weighted by Gasteiger charge is -2.14. The number of carbonyl (C=O) groups excluding carboxylic acids is 1. The number of ether oxygens (including phenoxy) is 3. The first-order valence-corrected chi connectivity index (χ1v) is 7.06. The summed E-state index contributed by atoms with van der Waals surface area (Å²) in [6.07, 6.45) is 1.57. The molecule has 1 fully saturated rings. The molecule has 1 aromatic carbocycles. The minimum absolute atomic E-state index is 0.251. The molecule has 0 radical (unpaired) electrons. The van der Waals surface area contributed by atoms with Crippen molar-refractivity contribution in [2.24, 2.45) is 0 Å². The monoisotopic (exact) mass is 279 g/mol. The molecule has 0 bridgehead atoms. The van der Waals surface area contributed by atoms with Crippen LogP contribution in [0.3, 0.4) is 0 Å². The molecule has 5 heteroatoms. The van der Waals surface area contributed by atoms with Crippen LogP contribution in [0.25, 0.3) is 0 Å². The van der Waals surface area contributed by atoms with E-state index in [0.717, 1.165) is 25.3 Å². The van der Waals surface area contributed by atoms with Gasteiger partial charge in [-0.2, -0.15) is 0 Å². The maximum atomic E-state index is 11.3. The second-order valence-electron chi connectivity index (χ2n) is 4.67. The van der Waals surface area contributed by atoms with Gasteiger partial charge in [-0.25, -0.2) is 0 Å². The second-order valence-corrected chi connectivity index (χ2v) is 4.67. The van der Waals surface area contributed by atoms with E-state index in [1.807, 2.05) is 13.0 Å². The van der Waals surface area contributed by atoms with Gasteiger partial charge in [0, 0.05) is 19.0 Å². The Morgan fingerprint density at radius 3 is 2.90 bits per heavy atom. The summed E-state index contributed by atoms with van der Waals surface area (Å²) >= 11 is 0. The van der Waals surface area contributed by atoms with Gasteiger partial charge in [-0.15, -0.1) is 0 Å². The van der Waals surface area contributed by atoms with Crippen LogP contribution in [0.4, 0.5) is 5.69 Å². The highest BCUT2D eigenvalue weighted by Crippen LogP contribution is 2.30. The summed E-state index contributed by atoms with van der Waals surface area (Å²) in [7, 11) is 0. The number of rotatable bonds is 8. The molecule has 0 spiro atoms. The average Bonchev–Trinajstić information content (AvgIpc) is 3.28. The number of hydrogen-bond acceptors (Lipinski definition) is 5. The van der Waals surface area contributed by atoms with Crippen LogP contribution in [0, 0.1) is 0 Å². The van der Waals surface area contributed by atoms with E-state index in [-0.39, 0.29) is 5.97 Å². The van der Waals surface area contributed by atoms with Gasteiger partial charge < -0.3 is 19.5 Å². The molecule has 110 valence electrons. The van der Waals surface area contributed by atoms with Crippen molar-refractivity contribution in [2.45, 2.75) is 32.8 Å². The van der Waals surface area contributed by atoms with Gasteiger partial charge in [0.15, 0.2) is 0 Å². The topological polar surface area (TPSA) is 60.1 Å². The minimum Gasteiger partial charge on any atom is -0.491 e. The van der Waals surface area contributed by atoms with Gasteiger partial charge in [-0.1, -0.05) is 13.8 Å². The summed E-state index contributed by atoms with van der Waals surface area (Å²) in [5.74, 6) is 0.962. The molecule has 1 heterocycles. The molecule has 1 aliphatic rings. The van der Waals surface area contributed by atoms with Gasteiger partial charge in [0.1, 0.15) is 11.5 Å². The largest absolute Gasteiger partial charge is 0.491 e. The number of hydrogen-bond donors (Lipinski definition) is 1. The molecule has 1 saturated heterocycles. The summed E-state index contributed by atoms with van der Waals surface area (Å²) in [5.41, 5.74) is 0.894. The highest BCUT2D eigenvalue weighted by Gasteiger charge is 2.22. The third-order valence-corrected chi connectivity index (χ3v) is 2.86. The van der Waals surface area contributed by atoms with Crippen LogP contribution in [-0.4, -0.2) is 31.8 Å². The lowest BCUT2D eigenvalue weighted by atomic mass is 10.2. The third-order valence-electron chi connectivity index (χ3n) is 2.86. The van der Waals surface area contributed by atoms with E-state index in [1.54, 1.807) is 19.1 Å². The van der Waals surface area contributed by atoms with E-state index < -0.39 is 0 Å². The number of esters is 1. The van der Waals surface area contributed by atoms with Crippen molar-refractivity contribution >= 4 is 11.7 Å². The molecule has 1 aromatic rings. The number of carbonyl (C=O) groups is 1. The minimum atomic E-state index is -0.251. The summed E-state index contributed by atoms with van der Waals surface area (Å²) in [5, 5.41) is 3.29. The Morgan fingerprint density at radius 1 is 1.45 bits per heavy atom. The average molecular weight is 279 g/mol. The molecular weight excluding hydrogens is 258 g/mol. The number of epoxide rings is 1. The van der Waals surface area contributed by atoms with Crippen LogP contribution in [0.2, 0.25) is 0 Å². The van der Waals surface area contributed by atoms with Crippen molar-refractivity contribution in [3.8, 4) is 11.5 Å². The predicted molar refractivity (Wildman–Crippen MR) is 76.4 cm³/mol. The molecule has 2 rings (SSSR count). The van der Waals surface area contributed by atoms with Crippen molar-refractivity contribution in [2.75, 3.05) is 25.1 Å². The Balaban J connectivity index is 2.05. The zero-order valence-corrected chi connectivity index (χ0v) is 12.0. The third kappa shape index (κ3) is 4.42. The number of benzene rings is 1. The fourth-order valence-electron chi connectivity index (χ4n) is 1.66. The fraction of sp³-hybridized carbons (Fsp3) is 0.533. The molecule has 0 aromatic heterocycles. The van der Waals surface area contributed by atoms with Crippen LogP contribution in [0.15, 0.2) is 18.2 Å². The zero-order valence-electron chi connectivity index (χ0n) is 12.0. The van der Waals surface area contributed by atoms with Crippen LogP contribution in [-0.2, 0) is 9.53 Å². The maximum Gasteiger partial charge on any atom is 0.310 e. The Labute approximate surface area is 119 Å². The smallest absolute Gasteiger partial charge is 0.310 e. The van der Waals surface area contributed by atoms with Crippen LogP contribution in [0.5, 0.6) is 11.5 Å². The van der Waals surface area contributed by atoms with Crippen LogP contribution >= 0.6 is 0 Å². The first-order valence-electron chi connectivity index (χ1n) is 7.06. The molecule has 1 atom stereocenters. The molecule has 5 nitrogen and oxygen atoms in total. The Kier molecular flexibility index (Phi) is 5.24. The quantitative estimate of drug-likeness (QED) is 0.450. The van der Waals surface area contributed by atoms with E-state index >= 15 is 0 Å². The molecule has 1 unspecified atom stereocenters. The van der Waals surface area contributed by atoms with E-state index in [4.69, 9.17) is 14.2 Å². The summed E-state index contributed by atoms with van der Waals surface area (Å²) in [6, 6.07) is 5.38. The van der Waals surface area contributed by atoms with Gasteiger partial charge in [0.05, 0.1) is 25.0 Å². The number of nitrogens with one attached hydrogen (secondary N) is 1. The van der Waals surface area contributed by atoms with Gasteiger partial charge in [-0.05, 0) is 18.6 Å². The first kappa shape index (κ1) is 14.7. The molecule has 0 saturated carbocycles. The predicted octanol–water partition coefficient (Wildman–Crippen LogP) is 2.60. The Morgan fingerprint density at radius 2 is 2.25 bits per heavy atom. The summed E-state index contributed by atoms with van der Waals surface area (Å²) < 4.78 is 16.1. The lowest BCUT2D eigenvalue weighted by Crippen LogP contribution is -2.10. The normalized spacial score (nSPS) is 16.6. The van der Waals surface area contributed by atoms with E-state index in [9.17, 15) is 4.79 Å². The molecule has 1 aliphatic heterocycles. The van der Waals surface area contributed by atoms with Crippen molar-refractivity contribution in [3.63, 3.8) is 0 Å². The highest BCUT2D eigenvalue weighted by molar-refractivity contribution is 5.72. The van der Waals surface area contributed by atoms with Gasteiger partial charge in [0.2, 0.25) is 0 Å². The van der Waals surface area contributed by atoms with Gasteiger partial charge >= 0.3 is 5.97 Å². The summed E-state index contributed by atoms with van der Waals surface area (Å²) in [4.78, 5) is 11.3. The molecule has 1 N–H and O–H groups in total. The number of anilines is 1. The molecular formula is C15H21NO4. The maximum absolute atomic E-state index is 11.3. The van der Waals surface area contributed by atoms with E-state index in [1.165, 1.54) is 0 Å². The van der Waals surface area contributed by atoms with Gasteiger partial charge in [-0.3, -0.25) is 4.79 Å². The fourth-order valence-corrected chi connectivity index (χ4v) is 1.66. The zero-order chi connectivity index (χ0) is 14.4. The molecule has 20 heavy (non-hydrogen) atoms. The molecule has 0 amide bonds. The van der Waals surface area contributed by atoms with E-state index in [2.05, 4.69) is 5.32 Å². The van der Waals surface area contributed by atoms with Crippen molar-refractivity contribution < 1.29 is 19.0 Å². The van der Waals surface area contributed by atoms with Crippen LogP contribution < -0.4 is 14.8 Å². The Hall–Kier alpha value is -1.75. The van der Waals surface area contributed by atoms with Crippen molar-refractivity contribution in [3.05, 3.63) is 18.2 Å². The Bertz CT molecular complexity index is 457. The molecule has 0 aliphatic carbocycles.